The normalized spacial score (nSPS) is 18.1. The number of anilines is 1. The van der Waals surface area contributed by atoms with Crippen molar-refractivity contribution in [3.05, 3.63) is 41.5 Å². The van der Waals surface area contributed by atoms with Crippen molar-refractivity contribution in [3.63, 3.8) is 0 Å². The van der Waals surface area contributed by atoms with Gasteiger partial charge in [0.15, 0.2) is 0 Å². The summed E-state index contributed by atoms with van der Waals surface area (Å²) in [6.07, 6.45) is 1.79. The molecule has 5 nitrogen and oxygen atoms in total. The van der Waals surface area contributed by atoms with Crippen LogP contribution in [0.3, 0.4) is 0 Å². The van der Waals surface area contributed by atoms with Gasteiger partial charge in [0.05, 0.1) is 0 Å². The molecule has 136 valence electrons. The number of carbonyl (C=O) groups excluding carboxylic acids is 2. The van der Waals surface area contributed by atoms with Crippen molar-refractivity contribution in [2.75, 3.05) is 44.7 Å². The molecular formula is C21H25N3O2. The number of likely N-dealkylation sites (N-methyl/N-ethyl adjacent to an activating group) is 1. The van der Waals surface area contributed by atoms with Crippen LogP contribution in [0.2, 0.25) is 0 Å². The summed E-state index contributed by atoms with van der Waals surface area (Å²) in [5.74, 6) is -0.311. The Balaban J connectivity index is 1.81. The van der Waals surface area contributed by atoms with Crippen LogP contribution in [0.1, 0.15) is 40.5 Å². The van der Waals surface area contributed by atoms with Crippen LogP contribution < -0.4 is 4.90 Å². The van der Waals surface area contributed by atoms with E-state index in [0.717, 1.165) is 55.5 Å². The topological polar surface area (TPSA) is 43.9 Å². The van der Waals surface area contributed by atoms with Gasteiger partial charge in [-0.15, -0.1) is 0 Å². The average molecular weight is 351 g/mol. The van der Waals surface area contributed by atoms with Crippen molar-refractivity contribution >= 4 is 28.3 Å². The molecule has 2 aliphatic heterocycles. The Hall–Kier alpha value is -2.40. The predicted octanol–water partition coefficient (Wildman–Crippen LogP) is 2.99. The lowest BCUT2D eigenvalue weighted by Gasteiger charge is -2.35. The molecule has 0 spiro atoms. The Morgan fingerprint density at radius 3 is 2.31 bits per heavy atom. The molecule has 0 bridgehead atoms. The summed E-state index contributed by atoms with van der Waals surface area (Å²) in [5, 5.41) is 1.84. The van der Waals surface area contributed by atoms with E-state index < -0.39 is 0 Å². The molecule has 4 rings (SSSR count). The molecule has 2 aliphatic rings. The van der Waals surface area contributed by atoms with Gasteiger partial charge < -0.3 is 9.80 Å². The van der Waals surface area contributed by atoms with Crippen LogP contribution in [0, 0.1) is 0 Å². The molecule has 1 fully saturated rings. The number of piperazine rings is 1. The number of hydrogen-bond donors (Lipinski definition) is 0. The maximum absolute atomic E-state index is 12.9. The van der Waals surface area contributed by atoms with Gasteiger partial charge >= 0.3 is 0 Å². The van der Waals surface area contributed by atoms with Crippen LogP contribution in [0.5, 0.6) is 0 Å². The molecule has 0 atom stereocenters. The molecule has 0 saturated carbocycles. The maximum Gasteiger partial charge on any atom is 0.261 e. The molecule has 0 radical (unpaired) electrons. The zero-order chi connectivity index (χ0) is 18.3. The van der Waals surface area contributed by atoms with Crippen LogP contribution in [0.4, 0.5) is 5.69 Å². The molecule has 26 heavy (non-hydrogen) atoms. The number of unbranched alkanes of at least 4 members (excludes halogenated alkanes) is 1. The zero-order valence-corrected chi connectivity index (χ0v) is 15.5. The molecule has 0 aromatic heterocycles. The summed E-state index contributed by atoms with van der Waals surface area (Å²) in [5.41, 5.74) is 2.44. The molecule has 1 saturated heterocycles. The van der Waals surface area contributed by atoms with E-state index >= 15 is 0 Å². The fourth-order valence-electron chi connectivity index (χ4n) is 3.97. The van der Waals surface area contributed by atoms with Gasteiger partial charge in [-0.3, -0.25) is 14.5 Å². The molecule has 2 heterocycles. The third-order valence-electron chi connectivity index (χ3n) is 5.55. The summed E-state index contributed by atoms with van der Waals surface area (Å²) in [7, 11) is 2.14. The van der Waals surface area contributed by atoms with Crippen molar-refractivity contribution in [3.8, 4) is 0 Å². The van der Waals surface area contributed by atoms with Crippen LogP contribution in [0.25, 0.3) is 10.8 Å². The van der Waals surface area contributed by atoms with Crippen LogP contribution in [-0.4, -0.2) is 61.4 Å². The lowest BCUT2D eigenvalue weighted by atomic mass is 9.92. The molecule has 5 heteroatoms. The van der Waals surface area contributed by atoms with E-state index in [9.17, 15) is 9.59 Å². The molecule has 0 aliphatic carbocycles. The minimum absolute atomic E-state index is 0.155. The second kappa shape index (κ2) is 6.72. The fourth-order valence-corrected chi connectivity index (χ4v) is 3.97. The Labute approximate surface area is 154 Å². The minimum Gasteiger partial charge on any atom is -0.368 e. The highest BCUT2D eigenvalue weighted by Gasteiger charge is 2.33. The maximum atomic E-state index is 12.9. The van der Waals surface area contributed by atoms with Crippen LogP contribution >= 0.6 is 0 Å². The number of imide groups is 1. The van der Waals surface area contributed by atoms with Gasteiger partial charge in [0.2, 0.25) is 0 Å². The van der Waals surface area contributed by atoms with Gasteiger partial charge in [-0.05, 0) is 31.7 Å². The monoisotopic (exact) mass is 351 g/mol. The Morgan fingerprint density at radius 2 is 1.62 bits per heavy atom. The standard InChI is InChI=1S/C21H25N3O2/c1-3-4-10-24-20(25)16-7-5-6-15-18(23-13-11-22(2)12-14-23)9-8-17(19(15)16)21(24)26/h5-9H,3-4,10-14H2,1-2H3. The van der Waals surface area contributed by atoms with E-state index in [2.05, 4.69) is 29.8 Å². The molecule has 0 unspecified atom stereocenters. The van der Waals surface area contributed by atoms with Crippen molar-refractivity contribution in [1.29, 1.82) is 0 Å². The predicted molar refractivity (Wildman–Crippen MR) is 104 cm³/mol. The SMILES string of the molecule is CCCCN1C(=O)c2cccc3c(N4CCN(C)CC4)ccc(c23)C1=O. The van der Waals surface area contributed by atoms with Crippen molar-refractivity contribution in [1.82, 2.24) is 9.80 Å². The molecule has 0 N–H and O–H groups in total. The zero-order valence-electron chi connectivity index (χ0n) is 15.5. The Kier molecular flexibility index (Phi) is 4.41. The third-order valence-corrected chi connectivity index (χ3v) is 5.55. The van der Waals surface area contributed by atoms with Crippen LogP contribution in [-0.2, 0) is 0 Å². The number of benzene rings is 2. The number of nitrogens with zero attached hydrogens (tertiary/aromatic N) is 3. The number of hydrogen-bond acceptors (Lipinski definition) is 4. The van der Waals surface area contributed by atoms with Crippen molar-refractivity contribution in [2.45, 2.75) is 19.8 Å². The van der Waals surface area contributed by atoms with Gasteiger partial charge in [0, 0.05) is 60.3 Å². The van der Waals surface area contributed by atoms with E-state index in [-0.39, 0.29) is 11.8 Å². The van der Waals surface area contributed by atoms with Gasteiger partial charge in [-0.25, -0.2) is 0 Å². The minimum atomic E-state index is -0.155. The summed E-state index contributed by atoms with van der Waals surface area (Å²) < 4.78 is 0. The highest BCUT2D eigenvalue weighted by atomic mass is 16.2. The van der Waals surface area contributed by atoms with Gasteiger partial charge in [0.25, 0.3) is 11.8 Å². The first-order valence-corrected chi connectivity index (χ1v) is 9.47. The summed E-state index contributed by atoms with van der Waals surface area (Å²) in [6.45, 7) is 6.51. The third kappa shape index (κ3) is 2.67. The summed E-state index contributed by atoms with van der Waals surface area (Å²) >= 11 is 0. The average Bonchev–Trinajstić information content (AvgIpc) is 2.66. The fraction of sp³-hybridized carbons (Fsp3) is 0.429. The number of amides is 2. The number of carbonyl (C=O) groups is 2. The first-order valence-electron chi connectivity index (χ1n) is 9.47. The second-order valence-corrected chi connectivity index (χ2v) is 7.27. The van der Waals surface area contributed by atoms with Gasteiger partial charge in [-0.2, -0.15) is 0 Å². The Morgan fingerprint density at radius 1 is 0.923 bits per heavy atom. The van der Waals surface area contributed by atoms with E-state index in [1.165, 1.54) is 4.90 Å². The molecule has 2 amide bonds. The van der Waals surface area contributed by atoms with E-state index in [0.29, 0.717) is 17.7 Å². The lowest BCUT2D eigenvalue weighted by Crippen LogP contribution is -2.45. The first-order chi connectivity index (χ1) is 12.6. The summed E-state index contributed by atoms with van der Waals surface area (Å²) in [4.78, 5) is 32.0. The summed E-state index contributed by atoms with van der Waals surface area (Å²) in [6, 6.07) is 9.80. The quantitative estimate of drug-likeness (QED) is 0.795. The van der Waals surface area contributed by atoms with Crippen molar-refractivity contribution < 1.29 is 9.59 Å². The lowest BCUT2D eigenvalue weighted by molar-refractivity contribution is 0.0608. The Bertz CT molecular complexity index is 847. The largest absolute Gasteiger partial charge is 0.368 e. The molecule has 2 aromatic rings. The second-order valence-electron chi connectivity index (χ2n) is 7.27. The van der Waals surface area contributed by atoms with Crippen molar-refractivity contribution in [2.24, 2.45) is 0 Å². The smallest absolute Gasteiger partial charge is 0.261 e. The van der Waals surface area contributed by atoms with Crippen LogP contribution in [0.15, 0.2) is 30.3 Å². The van der Waals surface area contributed by atoms with E-state index in [1.807, 2.05) is 24.3 Å². The molecular weight excluding hydrogens is 326 g/mol. The first kappa shape index (κ1) is 17.0. The van der Waals surface area contributed by atoms with Gasteiger partial charge in [-0.1, -0.05) is 25.5 Å². The van der Waals surface area contributed by atoms with E-state index in [1.54, 1.807) is 0 Å². The highest BCUT2D eigenvalue weighted by Crippen LogP contribution is 2.36. The van der Waals surface area contributed by atoms with Gasteiger partial charge in [0.1, 0.15) is 0 Å². The highest BCUT2D eigenvalue weighted by molar-refractivity contribution is 6.26. The molecule has 2 aromatic carbocycles. The van der Waals surface area contributed by atoms with E-state index in [4.69, 9.17) is 0 Å². The number of rotatable bonds is 4.